The summed E-state index contributed by atoms with van der Waals surface area (Å²) in [5.41, 5.74) is 3.40. The second kappa shape index (κ2) is 6.31. The van der Waals surface area contributed by atoms with Crippen LogP contribution in [-0.4, -0.2) is 35.8 Å². The number of fused-ring (bicyclic) bond motifs is 1. The summed E-state index contributed by atoms with van der Waals surface area (Å²) in [4.78, 5) is 23.1. The van der Waals surface area contributed by atoms with Crippen LogP contribution in [0.1, 0.15) is 43.8 Å². The number of H-pyrrole nitrogens is 1. The highest BCUT2D eigenvalue weighted by Gasteiger charge is 2.30. The van der Waals surface area contributed by atoms with Gasteiger partial charge in [0.1, 0.15) is 12.0 Å². The highest BCUT2D eigenvalue weighted by atomic mass is 16.4. The Morgan fingerprint density at radius 2 is 2.20 bits per heavy atom. The van der Waals surface area contributed by atoms with Crippen LogP contribution in [0.3, 0.4) is 0 Å². The van der Waals surface area contributed by atoms with Crippen molar-refractivity contribution in [3.63, 3.8) is 0 Å². The van der Waals surface area contributed by atoms with Crippen molar-refractivity contribution in [1.29, 1.82) is 0 Å². The predicted molar refractivity (Wildman–Crippen MR) is 93.1 cm³/mol. The molecule has 0 amide bonds. The van der Waals surface area contributed by atoms with Crippen molar-refractivity contribution in [3.05, 3.63) is 30.5 Å². The first kappa shape index (κ1) is 15.8. The molecule has 4 rings (SSSR count). The molecule has 0 saturated heterocycles. The molecule has 130 valence electrons. The minimum atomic E-state index is -0.776. The number of nitrogens with one attached hydrogen (secondary N) is 1. The van der Waals surface area contributed by atoms with Gasteiger partial charge in [-0.25, -0.2) is 9.97 Å². The van der Waals surface area contributed by atoms with Crippen LogP contribution < -0.4 is 0 Å². The molecule has 0 radical (unpaired) electrons. The maximum Gasteiger partial charge on any atom is 0.305 e. The Hall–Kier alpha value is -2.70. The maximum atomic E-state index is 11.4. The molecule has 3 aromatic rings. The number of hydrogen-bond donors (Lipinski definition) is 2. The number of rotatable bonds is 5. The lowest BCUT2D eigenvalue weighted by atomic mass is 9.95. The number of carboxylic acids is 1. The van der Waals surface area contributed by atoms with Gasteiger partial charge in [-0.05, 0) is 31.7 Å². The van der Waals surface area contributed by atoms with Gasteiger partial charge in [-0.3, -0.25) is 9.48 Å². The summed E-state index contributed by atoms with van der Waals surface area (Å²) in [6.07, 6.45) is 9.92. The molecule has 0 bridgehead atoms. The minimum absolute atomic E-state index is 0.101. The number of aryl methyl sites for hydroxylation is 1. The monoisotopic (exact) mass is 339 g/mol. The summed E-state index contributed by atoms with van der Waals surface area (Å²) in [5.74, 6) is -0.400. The van der Waals surface area contributed by atoms with Crippen LogP contribution in [0.5, 0.6) is 0 Å². The highest BCUT2D eigenvalue weighted by molar-refractivity contribution is 5.90. The molecule has 7 nitrogen and oxygen atoms in total. The Morgan fingerprint density at radius 1 is 1.40 bits per heavy atom. The lowest BCUT2D eigenvalue weighted by Gasteiger charge is -2.22. The van der Waals surface area contributed by atoms with E-state index >= 15 is 0 Å². The second-order valence-electron chi connectivity index (χ2n) is 6.78. The predicted octanol–water partition coefficient (Wildman–Crippen LogP) is 3.34. The number of nitrogens with zero attached hydrogens (tertiary/aromatic N) is 4. The Morgan fingerprint density at radius 3 is 2.96 bits per heavy atom. The molecule has 7 heteroatoms. The molecule has 2 N–H and O–H groups in total. The fourth-order valence-corrected chi connectivity index (χ4v) is 3.97. The molecule has 1 saturated carbocycles. The number of aromatic amines is 1. The Kier molecular flexibility index (Phi) is 3.99. The van der Waals surface area contributed by atoms with Gasteiger partial charge in [0.2, 0.25) is 0 Å². The van der Waals surface area contributed by atoms with Crippen molar-refractivity contribution >= 4 is 17.0 Å². The summed E-state index contributed by atoms with van der Waals surface area (Å²) < 4.78 is 1.86. The van der Waals surface area contributed by atoms with Gasteiger partial charge in [0.15, 0.2) is 0 Å². The van der Waals surface area contributed by atoms with Gasteiger partial charge in [-0.2, -0.15) is 5.10 Å². The molecule has 0 spiro atoms. The molecule has 1 atom stereocenters. The zero-order valence-corrected chi connectivity index (χ0v) is 14.1. The van der Waals surface area contributed by atoms with Crippen molar-refractivity contribution < 1.29 is 9.90 Å². The van der Waals surface area contributed by atoms with Crippen molar-refractivity contribution in [1.82, 2.24) is 24.7 Å². The quantitative estimate of drug-likeness (QED) is 0.743. The molecule has 1 fully saturated rings. The lowest BCUT2D eigenvalue weighted by molar-refractivity contribution is -0.138. The van der Waals surface area contributed by atoms with Gasteiger partial charge in [-0.1, -0.05) is 12.8 Å². The molecular weight excluding hydrogens is 318 g/mol. The van der Waals surface area contributed by atoms with Gasteiger partial charge in [0.25, 0.3) is 0 Å². The van der Waals surface area contributed by atoms with Gasteiger partial charge in [0.05, 0.1) is 23.9 Å². The van der Waals surface area contributed by atoms with E-state index < -0.39 is 5.97 Å². The Balaban J connectivity index is 1.75. The average Bonchev–Trinajstić information content (AvgIpc) is 3.32. The first-order valence-electron chi connectivity index (χ1n) is 8.69. The molecule has 3 heterocycles. The summed E-state index contributed by atoms with van der Waals surface area (Å²) in [5, 5.41) is 15.0. The van der Waals surface area contributed by atoms with E-state index in [-0.39, 0.29) is 12.5 Å². The largest absolute Gasteiger partial charge is 0.481 e. The van der Waals surface area contributed by atoms with Crippen LogP contribution in [0, 0.1) is 12.8 Å². The van der Waals surface area contributed by atoms with Crippen LogP contribution >= 0.6 is 0 Å². The van der Waals surface area contributed by atoms with E-state index in [1.807, 2.05) is 30.1 Å². The molecule has 0 unspecified atom stereocenters. The van der Waals surface area contributed by atoms with E-state index in [1.165, 1.54) is 19.2 Å². The van der Waals surface area contributed by atoms with E-state index in [0.29, 0.717) is 5.92 Å². The average molecular weight is 339 g/mol. The fraction of sp³-hybridized carbons (Fsp3) is 0.444. The zero-order chi connectivity index (χ0) is 17.4. The molecule has 1 aliphatic rings. The molecular formula is C18H21N5O2. The van der Waals surface area contributed by atoms with Crippen LogP contribution in [-0.2, 0) is 4.79 Å². The fourth-order valence-electron chi connectivity index (χ4n) is 3.97. The number of aliphatic carboxylic acids is 1. The smallest absolute Gasteiger partial charge is 0.305 e. The third-order valence-electron chi connectivity index (χ3n) is 5.19. The highest BCUT2D eigenvalue weighted by Crippen LogP contribution is 2.37. The van der Waals surface area contributed by atoms with Gasteiger partial charge < -0.3 is 10.1 Å². The molecule has 25 heavy (non-hydrogen) atoms. The van der Waals surface area contributed by atoms with E-state index in [1.54, 1.807) is 0 Å². The van der Waals surface area contributed by atoms with Gasteiger partial charge in [0, 0.05) is 23.3 Å². The zero-order valence-electron chi connectivity index (χ0n) is 14.1. The number of carboxylic acid groups (broad SMARTS) is 1. The van der Waals surface area contributed by atoms with Crippen molar-refractivity contribution in [3.8, 4) is 11.3 Å². The Bertz CT molecular complexity index is 907. The van der Waals surface area contributed by atoms with Gasteiger partial charge in [-0.15, -0.1) is 0 Å². The summed E-state index contributed by atoms with van der Waals surface area (Å²) in [6.45, 7) is 1.94. The molecule has 1 aliphatic carbocycles. The third kappa shape index (κ3) is 2.90. The normalized spacial score (nSPS) is 16.5. The van der Waals surface area contributed by atoms with Crippen LogP contribution in [0.25, 0.3) is 22.3 Å². The van der Waals surface area contributed by atoms with Crippen molar-refractivity contribution in [2.45, 2.75) is 45.1 Å². The van der Waals surface area contributed by atoms with Crippen LogP contribution in [0.15, 0.2) is 24.8 Å². The first-order valence-corrected chi connectivity index (χ1v) is 8.69. The number of aromatic nitrogens is 5. The summed E-state index contributed by atoms with van der Waals surface area (Å²) in [7, 11) is 0. The molecule has 0 aromatic carbocycles. The van der Waals surface area contributed by atoms with Crippen LogP contribution in [0.4, 0.5) is 0 Å². The third-order valence-corrected chi connectivity index (χ3v) is 5.19. The second-order valence-corrected chi connectivity index (χ2v) is 6.78. The maximum absolute atomic E-state index is 11.4. The van der Waals surface area contributed by atoms with E-state index in [2.05, 4.69) is 20.1 Å². The minimum Gasteiger partial charge on any atom is -0.481 e. The standard InChI is InChI=1S/C18H21N5O2/c1-11-14(17-13-6-7-19-18(13)21-10-20-17)9-23(22-11)15(8-16(24)25)12-4-2-3-5-12/h6-7,9-10,12,15H,2-5,8H2,1H3,(H,24,25)(H,19,20,21)/t15-/m1/s1. The van der Waals surface area contributed by atoms with Crippen molar-refractivity contribution in [2.24, 2.45) is 5.92 Å². The number of carbonyl (C=O) groups is 1. The molecule has 3 aromatic heterocycles. The molecule has 0 aliphatic heterocycles. The van der Waals surface area contributed by atoms with Crippen LogP contribution in [0.2, 0.25) is 0 Å². The van der Waals surface area contributed by atoms with E-state index in [4.69, 9.17) is 0 Å². The number of hydrogen-bond acceptors (Lipinski definition) is 4. The van der Waals surface area contributed by atoms with Crippen molar-refractivity contribution in [2.75, 3.05) is 0 Å². The first-order chi connectivity index (χ1) is 12.1. The SMILES string of the molecule is Cc1nn([C@H](CC(=O)O)C2CCCC2)cc1-c1ncnc2[nH]ccc12. The lowest BCUT2D eigenvalue weighted by Crippen LogP contribution is -2.21. The summed E-state index contributed by atoms with van der Waals surface area (Å²) in [6, 6.07) is 1.85. The topological polar surface area (TPSA) is 96.7 Å². The van der Waals surface area contributed by atoms with E-state index in [0.717, 1.165) is 40.8 Å². The van der Waals surface area contributed by atoms with E-state index in [9.17, 15) is 9.90 Å². The summed E-state index contributed by atoms with van der Waals surface area (Å²) >= 11 is 0. The Labute approximate surface area is 145 Å². The van der Waals surface area contributed by atoms with Gasteiger partial charge >= 0.3 is 5.97 Å².